The number of para-hydroxylation sites is 1. The second-order valence-corrected chi connectivity index (χ2v) is 14.5. The van der Waals surface area contributed by atoms with E-state index in [4.69, 9.17) is 0 Å². The van der Waals surface area contributed by atoms with Gasteiger partial charge in [-0.25, -0.2) is 13.2 Å². The van der Waals surface area contributed by atoms with Crippen LogP contribution in [0.2, 0.25) is 0 Å². The molecule has 1 aliphatic carbocycles. The van der Waals surface area contributed by atoms with E-state index in [1.54, 1.807) is 24.3 Å². The summed E-state index contributed by atoms with van der Waals surface area (Å²) in [4.78, 5) is 4.25. The fraction of sp³-hybridized carbons (Fsp3) is 0.0189. The molecule has 0 saturated carbocycles. The third kappa shape index (κ3) is 5.74. The average molecular weight is 757 g/mol. The summed E-state index contributed by atoms with van der Waals surface area (Å²) in [6, 6.07) is 68.2. The smallest absolute Gasteiger partial charge is 0.123 e. The lowest BCUT2D eigenvalue weighted by molar-refractivity contribution is 0.627. The van der Waals surface area contributed by atoms with Gasteiger partial charge < -0.3 is 9.80 Å². The number of nitrogens with zero attached hydrogens (tertiary/aromatic N) is 2. The van der Waals surface area contributed by atoms with Gasteiger partial charge in [0.05, 0.1) is 11.1 Å². The summed E-state index contributed by atoms with van der Waals surface area (Å²) >= 11 is 0. The van der Waals surface area contributed by atoms with E-state index in [0.29, 0.717) is 0 Å². The summed E-state index contributed by atoms with van der Waals surface area (Å²) in [5.74, 6) is -0.983. The molecule has 10 rings (SSSR count). The number of rotatable bonds is 8. The Morgan fingerprint density at radius 2 is 0.741 bits per heavy atom. The summed E-state index contributed by atoms with van der Waals surface area (Å²) < 4.78 is 43.3. The van der Waals surface area contributed by atoms with Crippen molar-refractivity contribution in [3.8, 4) is 11.1 Å². The molecule has 9 aromatic rings. The molecule has 0 N–H and O–H groups in total. The van der Waals surface area contributed by atoms with E-state index in [-0.39, 0.29) is 17.5 Å². The van der Waals surface area contributed by atoms with Crippen molar-refractivity contribution in [2.24, 2.45) is 0 Å². The number of halogens is 3. The molecule has 5 heteroatoms. The second-order valence-electron chi connectivity index (χ2n) is 14.5. The van der Waals surface area contributed by atoms with Crippen molar-refractivity contribution in [3.63, 3.8) is 0 Å². The van der Waals surface area contributed by atoms with Gasteiger partial charge in [0.15, 0.2) is 0 Å². The van der Waals surface area contributed by atoms with Gasteiger partial charge >= 0.3 is 0 Å². The zero-order valence-electron chi connectivity index (χ0n) is 31.2. The molecule has 9 aromatic carbocycles. The van der Waals surface area contributed by atoms with E-state index in [1.165, 1.54) is 36.4 Å². The van der Waals surface area contributed by atoms with Crippen molar-refractivity contribution in [2.45, 2.75) is 5.41 Å². The number of anilines is 6. The summed E-state index contributed by atoms with van der Waals surface area (Å²) in [5, 5.41) is 2.12. The van der Waals surface area contributed by atoms with Crippen LogP contribution in [-0.2, 0) is 5.41 Å². The molecule has 0 heterocycles. The molecule has 0 amide bonds. The number of benzene rings is 9. The molecule has 0 unspecified atom stereocenters. The summed E-state index contributed by atoms with van der Waals surface area (Å²) in [6.07, 6.45) is 0. The monoisotopic (exact) mass is 756 g/mol. The molecule has 2 nitrogen and oxygen atoms in total. The largest absolute Gasteiger partial charge is 0.310 e. The van der Waals surface area contributed by atoms with Gasteiger partial charge in [-0.15, -0.1) is 0 Å². The van der Waals surface area contributed by atoms with E-state index < -0.39 is 5.41 Å². The fourth-order valence-electron chi connectivity index (χ4n) is 8.86. The van der Waals surface area contributed by atoms with Gasteiger partial charge in [-0.1, -0.05) is 109 Å². The maximum atomic E-state index is 14.5. The maximum Gasteiger partial charge on any atom is 0.123 e. The van der Waals surface area contributed by atoms with Crippen LogP contribution in [0.1, 0.15) is 22.3 Å². The Bertz CT molecular complexity index is 2810. The maximum absolute atomic E-state index is 14.5. The van der Waals surface area contributed by atoms with Crippen molar-refractivity contribution in [1.82, 2.24) is 0 Å². The highest BCUT2D eigenvalue weighted by Crippen LogP contribution is 2.60. The third-order valence-corrected chi connectivity index (χ3v) is 11.3. The van der Waals surface area contributed by atoms with Gasteiger partial charge in [0.2, 0.25) is 0 Å². The number of hydrogen-bond acceptors (Lipinski definition) is 2. The first kappa shape index (κ1) is 35.1. The minimum Gasteiger partial charge on any atom is -0.310 e. The first-order valence-corrected chi connectivity index (χ1v) is 19.2. The Balaban J connectivity index is 1.32. The van der Waals surface area contributed by atoms with E-state index in [1.807, 2.05) is 47.4 Å². The van der Waals surface area contributed by atoms with Crippen LogP contribution in [-0.4, -0.2) is 0 Å². The van der Waals surface area contributed by atoms with Crippen LogP contribution in [0.3, 0.4) is 0 Å². The number of hydrogen-bond donors (Lipinski definition) is 0. The van der Waals surface area contributed by atoms with Crippen LogP contribution in [0.25, 0.3) is 21.9 Å². The van der Waals surface area contributed by atoms with E-state index in [0.717, 1.165) is 78.3 Å². The molecule has 0 bridgehead atoms. The summed E-state index contributed by atoms with van der Waals surface area (Å²) in [6.45, 7) is 0. The highest BCUT2D eigenvalue weighted by Gasteiger charge is 2.48. The molecule has 278 valence electrons. The summed E-state index contributed by atoms with van der Waals surface area (Å²) in [7, 11) is 0. The molecular weight excluding hydrogens is 722 g/mol. The predicted molar refractivity (Wildman–Crippen MR) is 230 cm³/mol. The molecule has 0 atom stereocenters. The Morgan fingerprint density at radius 1 is 0.328 bits per heavy atom. The zero-order chi connectivity index (χ0) is 39.2. The van der Waals surface area contributed by atoms with Gasteiger partial charge in [-0.2, -0.15) is 0 Å². The van der Waals surface area contributed by atoms with Crippen molar-refractivity contribution in [3.05, 3.63) is 252 Å². The molecule has 58 heavy (non-hydrogen) atoms. The SMILES string of the molecule is Fc1ccc(N(c2ccc(F)cc2)c2ccc3c(c2)C(c2ccccc2)(c2ccccc2)c2cc(N(c4ccccc4)c4ccc(F)cc4)c4ccccc4c2-3)cc1. The van der Waals surface area contributed by atoms with Crippen LogP contribution in [0.15, 0.2) is 212 Å². The lowest BCUT2D eigenvalue weighted by Crippen LogP contribution is -2.29. The molecule has 0 aliphatic heterocycles. The second kappa shape index (κ2) is 14.3. The van der Waals surface area contributed by atoms with Crippen LogP contribution in [0, 0.1) is 17.5 Å². The van der Waals surface area contributed by atoms with Gasteiger partial charge in [0.25, 0.3) is 0 Å². The Morgan fingerprint density at radius 3 is 1.26 bits per heavy atom. The van der Waals surface area contributed by atoms with Crippen LogP contribution in [0.5, 0.6) is 0 Å². The van der Waals surface area contributed by atoms with Gasteiger partial charge in [-0.05, 0) is 142 Å². The van der Waals surface area contributed by atoms with Gasteiger partial charge in [0.1, 0.15) is 17.5 Å². The number of fused-ring (bicyclic) bond motifs is 5. The molecule has 0 spiro atoms. The molecule has 1 aliphatic rings. The summed E-state index contributed by atoms with van der Waals surface area (Å²) in [5.41, 5.74) is 10.8. The first-order chi connectivity index (χ1) is 28.5. The van der Waals surface area contributed by atoms with Crippen LogP contribution in [0.4, 0.5) is 47.3 Å². The highest BCUT2D eigenvalue weighted by molar-refractivity contribution is 6.11. The first-order valence-electron chi connectivity index (χ1n) is 19.2. The van der Waals surface area contributed by atoms with Crippen molar-refractivity contribution in [1.29, 1.82) is 0 Å². The van der Waals surface area contributed by atoms with Gasteiger partial charge in [-0.3, -0.25) is 0 Å². The highest BCUT2D eigenvalue weighted by atomic mass is 19.1. The minimum absolute atomic E-state index is 0.302. The van der Waals surface area contributed by atoms with E-state index >= 15 is 0 Å². The standard InChI is InChI=1S/C53H35F3N2/c54-38-20-26-42(27-21-38)57(43-28-22-39(55)23-29-43)45-32-33-48-49(34-45)53(36-12-4-1-5-13-36,37-14-6-2-7-15-37)50-35-51(46-18-10-11-19-47(46)52(48)50)58(41-16-8-3-9-17-41)44-30-24-40(56)25-31-44/h1-35H. The van der Waals surface area contributed by atoms with Crippen LogP contribution < -0.4 is 9.80 Å². The van der Waals surface area contributed by atoms with E-state index in [9.17, 15) is 13.2 Å². The zero-order valence-corrected chi connectivity index (χ0v) is 31.2. The van der Waals surface area contributed by atoms with Gasteiger partial charge in [0, 0.05) is 33.8 Å². The fourth-order valence-corrected chi connectivity index (χ4v) is 8.86. The Hall–Kier alpha value is -7.37. The van der Waals surface area contributed by atoms with E-state index in [2.05, 4.69) is 114 Å². The quantitative estimate of drug-likeness (QED) is 0.152. The van der Waals surface area contributed by atoms with Crippen molar-refractivity contribution in [2.75, 3.05) is 9.80 Å². The van der Waals surface area contributed by atoms with Crippen molar-refractivity contribution < 1.29 is 13.2 Å². The molecule has 0 aromatic heterocycles. The normalized spacial score (nSPS) is 12.5. The Kier molecular flexibility index (Phi) is 8.64. The minimum atomic E-state index is -0.815. The molecule has 0 saturated heterocycles. The van der Waals surface area contributed by atoms with Crippen LogP contribution >= 0.6 is 0 Å². The molecule has 0 radical (unpaired) electrons. The molecular formula is C53H35F3N2. The average Bonchev–Trinajstić information content (AvgIpc) is 3.57. The lowest BCUT2D eigenvalue weighted by atomic mass is 9.67. The predicted octanol–water partition coefficient (Wildman–Crippen LogP) is 14.6. The van der Waals surface area contributed by atoms with Crippen molar-refractivity contribution >= 4 is 44.9 Å². The lowest BCUT2D eigenvalue weighted by Gasteiger charge is -2.36. The topological polar surface area (TPSA) is 6.48 Å². The third-order valence-electron chi connectivity index (χ3n) is 11.3. The Labute approximate surface area is 335 Å². The molecule has 0 fully saturated rings.